The van der Waals surface area contributed by atoms with Crippen molar-refractivity contribution in [1.29, 1.82) is 0 Å². The van der Waals surface area contributed by atoms with E-state index >= 15 is 0 Å². The number of hydrogen-bond acceptors (Lipinski definition) is 4. The highest BCUT2D eigenvalue weighted by Gasteiger charge is 2.15. The number of nitrogens with zero attached hydrogens (tertiary/aromatic N) is 1. The molecule has 0 amide bonds. The number of hydrogen-bond donors (Lipinski definition) is 3. The lowest BCUT2D eigenvalue weighted by Crippen LogP contribution is -1.81. The van der Waals surface area contributed by atoms with Crippen LogP contribution in [0.5, 0.6) is 0 Å². The van der Waals surface area contributed by atoms with Crippen LogP contribution in [0, 0.1) is 0 Å². The molecule has 0 aliphatic heterocycles. The van der Waals surface area contributed by atoms with Crippen LogP contribution in [0.25, 0.3) is 0 Å². The molecule has 11 heavy (non-hydrogen) atoms. The van der Waals surface area contributed by atoms with Crippen LogP contribution < -0.4 is 5.73 Å². The summed E-state index contributed by atoms with van der Waals surface area (Å²) in [5.74, 6) is 0. The summed E-state index contributed by atoms with van der Waals surface area (Å²) in [5.41, 5.74) is 5.25. The monoisotopic (exact) mass is 194 g/mol. The fourth-order valence-electron chi connectivity index (χ4n) is 0.599. The van der Waals surface area contributed by atoms with Gasteiger partial charge in [0.25, 0.3) is 0 Å². The first-order chi connectivity index (χ1) is 4.97. The van der Waals surface area contributed by atoms with Gasteiger partial charge in [0.2, 0.25) is 0 Å². The molecule has 0 saturated heterocycles. The predicted octanol–water partition coefficient (Wildman–Crippen LogP) is 0.403. The van der Waals surface area contributed by atoms with E-state index in [2.05, 4.69) is 4.98 Å². The van der Waals surface area contributed by atoms with Crippen LogP contribution in [0.15, 0.2) is 6.20 Å². The Labute approximate surface area is 67.0 Å². The normalized spacial score (nSPS) is 11.8. The van der Waals surface area contributed by atoms with Gasteiger partial charge in [-0.05, 0) is 0 Å². The van der Waals surface area contributed by atoms with Gasteiger partial charge in [-0.1, -0.05) is 0 Å². The molecule has 62 valence electrons. The Balaban J connectivity index is 2.73. The van der Waals surface area contributed by atoms with Crippen LogP contribution >= 0.6 is 18.9 Å². The molecule has 1 aromatic heterocycles. The number of nitrogen functional groups attached to an aromatic ring is 1. The van der Waals surface area contributed by atoms with E-state index in [1.54, 1.807) is 0 Å². The van der Waals surface area contributed by atoms with Crippen LogP contribution in [0.1, 0.15) is 4.88 Å². The smallest absolute Gasteiger partial charge is 0.330 e. The maximum Gasteiger partial charge on any atom is 0.330 e. The maximum absolute atomic E-state index is 10.4. The van der Waals surface area contributed by atoms with Crippen molar-refractivity contribution in [2.24, 2.45) is 0 Å². The highest BCUT2D eigenvalue weighted by atomic mass is 32.1. The zero-order chi connectivity index (χ0) is 8.48. The molecule has 0 spiro atoms. The Morgan fingerprint density at radius 1 is 1.73 bits per heavy atom. The molecule has 0 aliphatic carbocycles. The van der Waals surface area contributed by atoms with Crippen LogP contribution in [0.2, 0.25) is 0 Å². The molecule has 0 atom stereocenters. The zero-order valence-corrected chi connectivity index (χ0v) is 7.18. The van der Waals surface area contributed by atoms with E-state index in [1.807, 2.05) is 0 Å². The van der Waals surface area contributed by atoms with E-state index in [0.29, 0.717) is 10.0 Å². The molecule has 0 aromatic carbocycles. The lowest BCUT2D eigenvalue weighted by atomic mass is 10.6. The number of thiazole rings is 1. The third-order valence-electron chi connectivity index (χ3n) is 0.933. The van der Waals surface area contributed by atoms with Gasteiger partial charge in [-0.25, -0.2) is 4.98 Å². The molecule has 0 unspecified atom stereocenters. The molecule has 0 fully saturated rings. The summed E-state index contributed by atoms with van der Waals surface area (Å²) >= 11 is 1.09. The molecule has 5 nitrogen and oxygen atoms in total. The number of nitrogens with two attached hydrogens (primary N) is 1. The van der Waals surface area contributed by atoms with Gasteiger partial charge < -0.3 is 15.5 Å². The molecule has 0 saturated carbocycles. The van der Waals surface area contributed by atoms with E-state index in [1.165, 1.54) is 6.20 Å². The van der Waals surface area contributed by atoms with Crippen molar-refractivity contribution in [2.45, 2.75) is 6.16 Å². The quantitative estimate of drug-likeness (QED) is 0.592. The Hall–Kier alpha value is -0.420. The Morgan fingerprint density at radius 3 is 2.73 bits per heavy atom. The van der Waals surface area contributed by atoms with E-state index in [0.717, 1.165) is 11.3 Å². The molecular formula is C4H7N2O3PS. The molecule has 1 aromatic rings. The first kappa shape index (κ1) is 8.67. The minimum atomic E-state index is -3.96. The summed E-state index contributed by atoms with van der Waals surface area (Å²) in [6.45, 7) is 0. The summed E-state index contributed by atoms with van der Waals surface area (Å²) in [5, 5.41) is 0.327. The average molecular weight is 194 g/mol. The summed E-state index contributed by atoms with van der Waals surface area (Å²) in [6, 6.07) is 0. The van der Waals surface area contributed by atoms with Crippen molar-refractivity contribution >= 4 is 24.1 Å². The zero-order valence-electron chi connectivity index (χ0n) is 5.47. The predicted molar refractivity (Wildman–Crippen MR) is 42.3 cm³/mol. The van der Waals surface area contributed by atoms with Gasteiger partial charge in [0, 0.05) is 11.1 Å². The average Bonchev–Trinajstić information content (AvgIpc) is 2.10. The van der Waals surface area contributed by atoms with Crippen molar-refractivity contribution in [2.75, 3.05) is 5.73 Å². The van der Waals surface area contributed by atoms with E-state index in [9.17, 15) is 4.57 Å². The Bertz CT molecular complexity index is 293. The lowest BCUT2D eigenvalue weighted by molar-refractivity contribution is 0.372. The molecule has 0 radical (unpaired) electrons. The molecule has 1 heterocycles. The van der Waals surface area contributed by atoms with Crippen LogP contribution in [-0.4, -0.2) is 14.8 Å². The van der Waals surface area contributed by atoms with Crippen molar-refractivity contribution in [3.63, 3.8) is 0 Å². The van der Waals surface area contributed by atoms with E-state index < -0.39 is 7.60 Å². The van der Waals surface area contributed by atoms with Gasteiger partial charge in [-0.3, -0.25) is 4.57 Å². The second-order valence-electron chi connectivity index (χ2n) is 1.99. The van der Waals surface area contributed by atoms with Gasteiger partial charge in [0.15, 0.2) is 5.13 Å². The molecule has 0 aliphatic rings. The number of aromatic nitrogens is 1. The van der Waals surface area contributed by atoms with Gasteiger partial charge in [0.05, 0.1) is 6.16 Å². The van der Waals surface area contributed by atoms with Gasteiger partial charge in [0.1, 0.15) is 0 Å². The van der Waals surface area contributed by atoms with Crippen molar-refractivity contribution < 1.29 is 14.4 Å². The minimum absolute atomic E-state index is 0.276. The number of rotatable bonds is 2. The largest absolute Gasteiger partial charge is 0.375 e. The maximum atomic E-state index is 10.4. The van der Waals surface area contributed by atoms with Gasteiger partial charge >= 0.3 is 7.60 Å². The lowest BCUT2D eigenvalue weighted by Gasteiger charge is -1.98. The highest BCUT2D eigenvalue weighted by Crippen LogP contribution is 2.40. The summed E-state index contributed by atoms with van der Waals surface area (Å²) < 4.78 is 10.4. The standard InChI is InChI=1S/C4H7N2O3PS/c5-4-6-1-3(11-4)2-10(7,8)9/h1H,2H2,(H2,5,6)(H2,7,8,9). The fourth-order valence-corrected chi connectivity index (χ4v) is 2.33. The molecule has 1 rings (SSSR count). The van der Waals surface area contributed by atoms with Crippen LogP contribution in [0.3, 0.4) is 0 Å². The third-order valence-corrected chi connectivity index (χ3v) is 2.73. The van der Waals surface area contributed by atoms with Crippen LogP contribution in [0.4, 0.5) is 5.13 Å². The summed E-state index contributed by atoms with van der Waals surface area (Å²) in [7, 11) is -3.96. The van der Waals surface area contributed by atoms with Gasteiger partial charge in [-0.2, -0.15) is 0 Å². The SMILES string of the molecule is Nc1ncc(CP(=O)(O)O)s1. The summed E-state index contributed by atoms with van der Waals surface area (Å²) in [4.78, 5) is 21.2. The van der Waals surface area contributed by atoms with Gasteiger partial charge in [-0.15, -0.1) is 11.3 Å². The first-order valence-electron chi connectivity index (χ1n) is 2.72. The summed E-state index contributed by atoms with van der Waals surface area (Å²) in [6.07, 6.45) is 1.10. The highest BCUT2D eigenvalue weighted by molar-refractivity contribution is 7.51. The molecule has 7 heteroatoms. The Morgan fingerprint density at radius 2 is 2.36 bits per heavy atom. The van der Waals surface area contributed by atoms with Crippen molar-refractivity contribution in [3.05, 3.63) is 11.1 Å². The van der Waals surface area contributed by atoms with E-state index in [4.69, 9.17) is 15.5 Å². The third kappa shape index (κ3) is 2.98. The molecule has 0 bridgehead atoms. The van der Waals surface area contributed by atoms with Crippen LogP contribution in [-0.2, 0) is 10.7 Å². The topological polar surface area (TPSA) is 96.4 Å². The van der Waals surface area contributed by atoms with E-state index in [-0.39, 0.29) is 6.16 Å². The second-order valence-corrected chi connectivity index (χ2v) is 4.78. The number of anilines is 1. The fraction of sp³-hybridized carbons (Fsp3) is 0.250. The first-order valence-corrected chi connectivity index (χ1v) is 5.33. The second kappa shape index (κ2) is 2.91. The van der Waals surface area contributed by atoms with Crippen molar-refractivity contribution in [3.8, 4) is 0 Å². The molecular weight excluding hydrogens is 187 g/mol. The Kier molecular flexibility index (Phi) is 2.29. The molecule has 4 N–H and O–H groups in total. The minimum Gasteiger partial charge on any atom is -0.375 e. The van der Waals surface area contributed by atoms with Crippen molar-refractivity contribution in [1.82, 2.24) is 4.98 Å².